The average molecular weight is 659 g/mol. The van der Waals surface area contributed by atoms with Crippen LogP contribution < -0.4 is 15.4 Å². The van der Waals surface area contributed by atoms with Gasteiger partial charge in [-0.15, -0.1) is 0 Å². The van der Waals surface area contributed by atoms with Crippen LogP contribution in [-0.4, -0.2) is 63.5 Å². The van der Waals surface area contributed by atoms with Crippen molar-refractivity contribution in [1.82, 2.24) is 9.80 Å². The normalized spacial score (nSPS) is 16.0. The summed E-state index contributed by atoms with van der Waals surface area (Å²) in [5, 5.41) is 16.5. The van der Waals surface area contributed by atoms with Crippen LogP contribution in [0.3, 0.4) is 0 Å². The number of esters is 1. The maximum absolute atomic E-state index is 12.2. The highest BCUT2D eigenvalue weighted by Crippen LogP contribution is 2.41. The smallest absolute Gasteiger partial charge is 0.397 e. The molecule has 0 saturated carbocycles. The molecule has 1 heterocycles. The first-order chi connectivity index (χ1) is 22.5. The summed E-state index contributed by atoms with van der Waals surface area (Å²) >= 11 is 0. The number of anilines is 2. The van der Waals surface area contributed by atoms with E-state index in [1.165, 1.54) is 6.92 Å². The molecule has 3 aromatic carbocycles. The first-order valence-corrected chi connectivity index (χ1v) is 16.4. The molecule has 0 bridgehead atoms. The largest absolute Gasteiger partial charge is 0.508 e. The van der Waals surface area contributed by atoms with Gasteiger partial charge in [-0.3, -0.25) is 19.4 Å². The number of aryl methyl sites for hydroxylation is 2. The molecule has 0 atom stereocenters. The number of rotatable bonds is 10. The molecular formula is C38H50N4O6. The highest BCUT2D eigenvalue weighted by atomic mass is 16.5. The number of phenols is 1. The molecule has 0 aromatic heterocycles. The second-order valence-corrected chi connectivity index (χ2v) is 14.0. The predicted octanol–water partition coefficient (Wildman–Crippen LogP) is 6.91. The van der Waals surface area contributed by atoms with E-state index in [0.29, 0.717) is 30.3 Å². The topological polar surface area (TPSA) is 120 Å². The van der Waals surface area contributed by atoms with Gasteiger partial charge in [0.25, 0.3) is 0 Å². The standard InChI is InChI=1S/C38H50N4O6/c1-10-47-36(46)35(45)40-30-17-24(2)34(25(3)18-30)48-32-15-16-33(44)28(19-32)23-42(22-27-11-13-29(14-12-27)39-26(4)43)31-20-37(5,6)41(9)38(7,8)21-31/h11-19,31,44H,10,20-23H2,1-9H3,(H,39,43)(H,40,45). The Morgan fingerprint density at radius 3 is 2.06 bits per heavy atom. The molecule has 4 rings (SSSR count). The molecule has 258 valence electrons. The van der Waals surface area contributed by atoms with Crippen molar-refractivity contribution in [3.8, 4) is 17.2 Å². The predicted molar refractivity (Wildman–Crippen MR) is 188 cm³/mol. The van der Waals surface area contributed by atoms with Crippen LogP contribution >= 0.6 is 0 Å². The van der Waals surface area contributed by atoms with Crippen molar-refractivity contribution in [1.29, 1.82) is 0 Å². The highest BCUT2D eigenvalue weighted by molar-refractivity contribution is 6.37. The molecule has 2 amide bonds. The molecule has 48 heavy (non-hydrogen) atoms. The van der Waals surface area contributed by atoms with Gasteiger partial charge >= 0.3 is 11.9 Å². The maximum atomic E-state index is 12.2. The number of carbonyl (C=O) groups excluding carboxylic acids is 3. The molecular weight excluding hydrogens is 608 g/mol. The summed E-state index contributed by atoms with van der Waals surface area (Å²) in [6.07, 6.45) is 1.90. The SMILES string of the molecule is CCOC(=O)C(=O)Nc1cc(C)c(Oc2ccc(O)c(CN(Cc3ccc(NC(C)=O)cc3)C3CC(C)(C)N(C)C(C)(C)C3)c2)c(C)c1. The number of benzene rings is 3. The molecule has 0 aliphatic carbocycles. The van der Waals surface area contributed by atoms with E-state index in [2.05, 4.69) is 55.2 Å². The van der Waals surface area contributed by atoms with Crippen LogP contribution in [0.25, 0.3) is 0 Å². The molecule has 3 N–H and O–H groups in total. The molecule has 0 unspecified atom stereocenters. The van der Waals surface area contributed by atoms with Crippen LogP contribution in [0.1, 0.15) is 76.6 Å². The molecule has 10 nitrogen and oxygen atoms in total. The van der Waals surface area contributed by atoms with Gasteiger partial charge in [-0.1, -0.05) is 12.1 Å². The second-order valence-electron chi connectivity index (χ2n) is 14.0. The van der Waals surface area contributed by atoms with Crippen LogP contribution in [0.4, 0.5) is 11.4 Å². The van der Waals surface area contributed by atoms with E-state index >= 15 is 0 Å². The Hall–Kier alpha value is -4.41. The second kappa shape index (κ2) is 14.8. The molecule has 1 saturated heterocycles. The van der Waals surface area contributed by atoms with Crippen LogP contribution in [-0.2, 0) is 32.2 Å². The molecule has 3 aromatic rings. The number of phenolic OH excluding ortho intramolecular Hbond substituents is 1. The summed E-state index contributed by atoms with van der Waals surface area (Å²) < 4.78 is 11.2. The fourth-order valence-electron chi connectivity index (χ4n) is 6.67. The lowest BCUT2D eigenvalue weighted by atomic mass is 9.76. The number of amides is 2. The molecule has 0 spiro atoms. The van der Waals surface area contributed by atoms with E-state index in [0.717, 1.165) is 40.8 Å². The van der Waals surface area contributed by atoms with Crippen molar-refractivity contribution >= 4 is 29.2 Å². The van der Waals surface area contributed by atoms with E-state index in [9.17, 15) is 19.5 Å². The number of ether oxygens (including phenoxy) is 2. The Kier molecular flexibility index (Phi) is 11.2. The monoisotopic (exact) mass is 658 g/mol. The van der Waals surface area contributed by atoms with Gasteiger partial charge in [0.05, 0.1) is 6.61 Å². The van der Waals surface area contributed by atoms with Crippen molar-refractivity contribution in [3.63, 3.8) is 0 Å². The first kappa shape index (κ1) is 36.4. The van der Waals surface area contributed by atoms with E-state index < -0.39 is 11.9 Å². The van der Waals surface area contributed by atoms with Crippen molar-refractivity contribution in [2.45, 2.75) is 98.4 Å². The van der Waals surface area contributed by atoms with Crippen molar-refractivity contribution in [2.24, 2.45) is 0 Å². The summed E-state index contributed by atoms with van der Waals surface area (Å²) in [7, 11) is 2.19. The Bertz CT molecular complexity index is 1610. The lowest BCUT2D eigenvalue weighted by Crippen LogP contribution is -2.62. The molecule has 1 aliphatic rings. The number of piperidine rings is 1. The van der Waals surface area contributed by atoms with Crippen molar-refractivity contribution in [2.75, 3.05) is 24.3 Å². The van der Waals surface area contributed by atoms with Gasteiger partial charge in [0.2, 0.25) is 5.91 Å². The minimum absolute atomic E-state index is 0.0378. The van der Waals surface area contributed by atoms with Crippen LogP contribution in [0, 0.1) is 13.8 Å². The van der Waals surface area contributed by atoms with Gasteiger partial charge in [-0.2, -0.15) is 0 Å². The molecule has 0 radical (unpaired) electrons. The zero-order chi connectivity index (χ0) is 35.4. The number of hydrogen-bond donors (Lipinski definition) is 3. The van der Waals surface area contributed by atoms with Gasteiger partial charge in [-0.05, 0) is 128 Å². The highest BCUT2D eigenvalue weighted by Gasteiger charge is 2.44. The zero-order valence-electron chi connectivity index (χ0n) is 29.7. The van der Waals surface area contributed by atoms with Crippen LogP contribution in [0.2, 0.25) is 0 Å². The summed E-state index contributed by atoms with van der Waals surface area (Å²) in [4.78, 5) is 40.4. The fraction of sp³-hybridized carbons (Fsp3) is 0.447. The van der Waals surface area contributed by atoms with Gasteiger partial charge in [0, 0.05) is 54.1 Å². The van der Waals surface area contributed by atoms with Gasteiger partial charge < -0.3 is 25.2 Å². The van der Waals surface area contributed by atoms with Gasteiger partial charge in [0.15, 0.2) is 0 Å². The Morgan fingerprint density at radius 2 is 1.50 bits per heavy atom. The van der Waals surface area contributed by atoms with E-state index in [4.69, 9.17) is 9.47 Å². The van der Waals surface area contributed by atoms with E-state index in [-0.39, 0.29) is 35.4 Å². The van der Waals surface area contributed by atoms with Crippen molar-refractivity contribution in [3.05, 3.63) is 76.9 Å². The summed E-state index contributed by atoms with van der Waals surface area (Å²) in [6.45, 7) is 17.3. The molecule has 1 aliphatic heterocycles. The van der Waals surface area contributed by atoms with E-state index in [1.807, 2.05) is 44.2 Å². The number of carbonyl (C=O) groups is 3. The maximum Gasteiger partial charge on any atom is 0.397 e. The number of aromatic hydroxyl groups is 1. The molecule has 10 heteroatoms. The summed E-state index contributed by atoms with van der Waals surface area (Å²) in [5.41, 5.74) is 4.52. The lowest BCUT2D eigenvalue weighted by Gasteiger charge is -2.55. The quantitative estimate of drug-likeness (QED) is 0.159. The number of likely N-dealkylation sites (tertiary alicyclic amines) is 1. The fourth-order valence-corrected chi connectivity index (χ4v) is 6.67. The number of nitrogens with one attached hydrogen (secondary N) is 2. The third kappa shape index (κ3) is 8.93. The first-order valence-electron chi connectivity index (χ1n) is 16.4. The molecule has 1 fully saturated rings. The number of nitrogens with zero attached hydrogens (tertiary/aromatic N) is 2. The van der Waals surface area contributed by atoms with Crippen molar-refractivity contribution < 1.29 is 29.0 Å². The van der Waals surface area contributed by atoms with Crippen LogP contribution in [0.15, 0.2) is 54.6 Å². The zero-order valence-corrected chi connectivity index (χ0v) is 29.7. The summed E-state index contributed by atoms with van der Waals surface area (Å²) in [5.74, 6) is -0.507. The Morgan fingerprint density at radius 1 is 0.896 bits per heavy atom. The van der Waals surface area contributed by atoms with Gasteiger partial charge in [0.1, 0.15) is 17.2 Å². The minimum atomic E-state index is -0.937. The minimum Gasteiger partial charge on any atom is -0.508 e. The summed E-state index contributed by atoms with van der Waals surface area (Å²) in [6, 6.07) is 16.9. The van der Waals surface area contributed by atoms with Gasteiger partial charge in [-0.25, -0.2) is 4.79 Å². The third-order valence-corrected chi connectivity index (χ3v) is 9.29. The Balaban J connectivity index is 1.61. The Labute approximate surface area is 284 Å². The average Bonchev–Trinajstić information content (AvgIpc) is 2.99. The lowest BCUT2D eigenvalue weighted by molar-refractivity contribution is -0.152. The third-order valence-electron chi connectivity index (χ3n) is 9.29. The number of hydrogen-bond acceptors (Lipinski definition) is 8. The van der Waals surface area contributed by atoms with E-state index in [1.54, 1.807) is 31.2 Å². The van der Waals surface area contributed by atoms with Crippen LogP contribution in [0.5, 0.6) is 17.2 Å².